The zero-order valence-electron chi connectivity index (χ0n) is 29.6. The first-order valence-corrected chi connectivity index (χ1v) is 18.2. The summed E-state index contributed by atoms with van der Waals surface area (Å²) in [5.74, 6) is -4.29. The number of nitrogens with two attached hydrogens (primary N) is 1. The molecule has 4 aliphatic rings. The molecule has 0 aliphatic carbocycles. The van der Waals surface area contributed by atoms with Crippen LogP contribution in [-0.4, -0.2) is 107 Å². The van der Waals surface area contributed by atoms with Crippen molar-refractivity contribution in [2.24, 2.45) is 23.5 Å². The topological polar surface area (TPSA) is 266 Å². The van der Waals surface area contributed by atoms with E-state index in [1.54, 1.807) is 6.92 Å². The number of hydrogen-bond donors (Lipinski definition) is 3. The third-order valence-electron chi connectivity index (χ3n) is 10.6. The highest BCUT2D eigenvalue weighted by Gasteiger charge is 2.60. The molecule has 0 radical (unpaired) electrons. The van der Waals surface area contributed by atoms with Crippen molar-refractivity contribution < 1.29 is 53.5 Å². The summed E-state index contributed by atoms with van der Waals surface area (Å²) in [4.78, 5) is 90.4. The number of amides is 4. The van der Waals surface area contributed by atoms with E-state index in [9.17, 15) is 54.4 Å². The fourth-order valence-electron chi connectivity index (χ4n) is 7.93. The van der Waals surface area contributed by atoms with E-state index in [0.717, 1.165) is 0 Å². The van der Waals surface area contributed by atoms with Crippen molar-refractivity contribution in [2.45, 2.75) is 69.4 Å². The summed E-state index contributed by atoms with van der Waals surface area (Å²) in [7, 11) is 0. The maximum atomic E-state index is 13.8. The first-order chi connectivity index (χ1) is 26.1. The molecule has 4 N–H and O–H groups in total. The number of nitrogens with zero attached hydrogens (tertiary/aromatic N) is 5. The smallest absolute Gasteiger partial charge is 0.410 e. The minimum absolute atomic E-state index is 0.0409. The van der Waals surface area contributed by atoms with Crippen LogP contribution in [-0.2, 0) is 37.1 Å². The number of nitro groups is 2. The molecule has 0 bridgehead atoms. The van der Waals surface area contributed by atoms with Crippen molar-refractivity contribution in [2.75, 3.05) is 13.1 Å². The van der Waals surface area contributed by atoms with E-state index < -0.39 is 87.0 Å². The first kappa shape index (κ1) is 38.9. The Bertz CT molecular complexity index is 1940. The highest BCUT2D eigenvalue weighted by atomic mass is 32.2. The number of primary amides is 1. The lowest BCUT2D eigenvalue weighted by Crippen LogP contribution is -2.63. The number of aliphatic carboxylic acids is 1. The maximum absolute atomic E-state index is 13.8. The standard InChI is InChI=1S/C35H38N6O13S/c1-17-28-27(18(2)42)32(44)39(28)29(33(45)46)30(17)55-24-12-25(38(14-24)35(48)54-16-20-5-9-23(10-6-20)41(51)52)21-11-26(31(36)43)37(13-21)34(47)53-15-19-3-7-22(8-4-19)40(49)50/h3-10,17-18,21,24-28,42H,11-16H2,1-2H3,(H2,36,43)(H,45,46)/t17-,18-,21?,24+,25+,26?,27-,28-/m1/s1. The Hall–Kier alpha value is -5.76. The lowest BCUT2D eigenvalue weighted by Gasteiger charge is -2.46. The number of carbonyl (C=O) groups is 5. The van der Waals surface area contributed by atoms with Crippen LogP contribution in [0, 0.1) is 38.0 Å². The third kappa shape index (κ3) is 7.63. The Morgan fingerprint density at radius 1 is 0.909 bits per heavy atom. The molecule has 3 saturated heterocycles. The molecular formula is C35H38N6O13S. The summed E-state index contributed by atoms with van der Waals surface area (Å²) >= 11 is 1.22. The molecule has 292 valence electrons. The van der Waals surface area contributed by atoms with Gasteiger partial charge in [0.25, 0.3) is 11.4 Å². The Morgan fingerprint density at radius 2 is 1.44 bits per heavy atom. The van der Waals surface area contributed by atoms with Crippen LogP contribution >= 0.6 is 11.8 Å². The molecule has 55 heavy (non-hydrogen) atoms. The quantitative estimate of drug-likeness (QED) is 0.159. The summed E-state index contributed by atoms with van der Waals surface area (Å²) < 4.78 is 11.1. The molecule has 0 aromatic heterocycles. The number of rotatable bonds is 12. The van der Waals surface area contributed by atoms with Crippen LogP contribution in [0.4, 0.5) is 21.0 Å². The average molecular weight is 783 g/mol. The second-order valence-corrected chi connectivity index (χ2v) is 15.3. The fraction of sp³-hybridized carbons (Fsp3) is 0.457. The van der Waals surface area contributed by atoms with Crippen LogP contribution in [0.15, 0.2) is 59.1 Å². The number of hydrogen-bond acceptors (Lipinski definition) is 13. The lowest BCUT2D eigenvalue weighted by molar-refractivity contribution is -0.385. The number of non-ortho nitro benzene ring substituents is 2. The number of β-lactam (4-membered cyclic amide) rings is 1. The normalized spacial score (nSPS) is 26.3. The van der Waals surface area contributed by atoms with Gasteiger partial charge in [0, 0.05) is 59.5 Å². The van der Waals surface area contributed by atoms with Gasteiger partial charge in [-0.2, -0.15) is 0 Å². The molecule has 6 rings (SSSR count). The molecular weight excluding hydrogens is 744 g/mol. The van der Waals surface area contributed by atoms with Gasteiger partial charge in [0.15, 0.2) is 0 Å². The van der Waals surface area contributed by atoms with Crippen LogP contribution in [0.2, 0.25) is 0 Å². The van der Waals surface area contributed by atoms with Crippen molar-refractivity contribution in [3.63, 3.8) is 0 Å². The average Bonchev–Trinajstić information content (AvgIpc) is 3.84. The van der Waals surface area contributed by atoms with Crippen molar-refractivity contribution in [1.82, 2.24) is 14.7 Å². The Labute approximate surface area is 317 Å². The SMILES string of the molecule is C[C@@H](O)[C@H]1C(=O)N2C(C(=O)O)=C(S[C@H]3C[C@@H](C4CC(C(N)=O)N(C(=O)OCc5ccc([N+](=O)[O-])cc5)C4)N(C(=O)OCc4ccc([N+](=O)[O-])cc4)C3)[C@H](C)[C@H]12. The minimum atomic E-state index is -1.30. The summed E-state index contributed by atoms with van der Waals surface area (Å²) in [5, 5.41) is 42.1. The molecule has 2 unspecified atom stereocenters. The van der Waals surface area contributed by atoms with Crippen LogP contribution in [0.3, 0.4) is 0 Å². The number of aliphatic hydroxyl groups excluding tert-OH is 1. The number of carboxylic acids is 1. The number of fused-ring (bicyclic) bond motifs is 1. The van der Waals surface area contributed by atoms with Gasteiger partial charge in [-0.05, 0) is 61.1 Å². The monoisotopic (exact) mass is 782 g/mol. The van der Waals surface area contributed by atoms with E-state index >= 15 is 0 Å². The van der Waals surface area contributed by atoms with E-state index in [1.807, 2.05) is 0 Å². The molecule has 4 heterocycles. The van der Waals surface area contributed by atoms with Gasteiger partial charge in [0.1, 0.15) is 25.0 Å². The Morgan fingerprint density at radius 3 is 1.91 bits per heavy atom. The number of aliphatic hydroxyl groups is 1. The summed E-state index contributed by atoms with van der Waals surface area (Å²) in [6.07, 6.45) is -2.26. The summed E-state index contributed by atoms with van der Waals surface area (Å²) in [6.45, 7) is 2.82. The summed E-state index contributed by atoms with van der Waals surface area (Å²) in [6, 6.07) is 8.57. The largest absolute Gasteiger partial charge is 0.477 e. The number of carboxylic acid groups (broad SMARTS) is 1. The number of benzene rings is 2. The second kappa shape index (κ2) is 15.5. The van der Waals surface area contributed by atoms with Crippen LogP contribution in [0.5, 0.6) is 0 Å². The molecule has 19 nitrogen and oxygen atoms in total. The second-order valence-electron chi connectivity index (χ2n) is 14.0. The fourth-order valence-corrected chi connectivity index (χ4v) is 9.47. The molecule has 0 spiro atoms. The zero-order valence-corrected chi connectivity index (χ0v) is 30.4. The highest BCUT2D eigenvalue weighted by Crippen LogP contribution is 2.52. The minimum Gasteiger partial charge on any atom is -0.477 e. The van der Waals surface area contributed by atoms with Gasteiger partial charge in [-0.1, -0.05) is 6.92 Å². The van der Waals surface area contributed by atoms with Crippen LogP contribution < -0.4 is 5.73 Å². The predicted molar refractivity (Wildman–Crippen MR) is 190 cm³/mol. The molecule has 2 aromatic rings. The van der Waals surface area contributed by atoms with Gasteiger partial charge in [0.2, 0.25) is 11.8 Å². The number of nitro benzene ring substituents is 2. The van der Waals surface area contributed by atoms with E-state index in [-0.39, 0.29) is 56.2 Å². The van der Waals surface area contributed by atoms with Crippen LogP contribution in [0.25, 0.3) is 0 Å². The maximum Gasteiger partial charge on any atom is 0.410 e. The van der Waals surface area contributed by atoms with Gasteiger partial charge in [-0.3, -0.25) is 34.7 Å². The van der Waals surface area contributed by atoms with Gasteiger partial charge < -0.3 is 35.2 Å². The number of carbonyl (C=O) groups excluding carboxylic acids is 4. The van der Waals surface area contributed by atoms with Crippen molar-refractivity contribution in [1.29, 1.82) is 0 Å². The molecule has 4 amide bonds. The molecule has 2 aromatic carbocycles. The molecule has 8 atom stereocenters. The Kier molecular flexibility index (Phi) is 11.0. The number of ether oxygens (including phenoxy) is 2. The molecule has 20 heteroatoms. The van der Waals surface area contributed by atoms with E-state index in [2.05, 4.69) is 0 Å². The predicted octanol–water partition coefficient (Wildman–Crippen LogP) is 2.98. The molecule has 0 saturated carbocycles. The molecule has 4 aliphatic heterocycles. The van der Waals surface area contributed by atoms with Gasteiger partial charge in [-0.15, -0.1) is 11.8 Å². The van der Waals surface area contributed by atoms with Crippen molar-refractivity contribution >= 4 is 53.1 Å². The number of thioether (sulfide) groups is 1. The van der Waals surface area contributed by atoms with Crippen LogP contribution in [0.1, 0.15) is 37.8 Å². The first-order valence-electron chi connectivity index (χ1n) is 17.3. The van der Waals surface area contributed by atoms with Crippen molar-refractivity contribution in [3.8, 4) is 0 Å². The van der Waals surface area contributed by atoms with E-state index in [4.69, 9.17) is 15.2 Å². The lowest BCUT2D eigenvalue weighted by atomic mass is 9.79. The van der Waals surface area contributed by atoms with Gasteiger partial charge >= 0.3 is 18.2 Å². The Balaban J connectivity index is 1.21. The zero-order chi connectivity index (χ0) is 39.9. The van der Waals surface area contributed by atoms with Gasteiger partial charge in [-0.25, -0.2) is 14.4 Å². The van der Waals surface area contributed by atoms with Gasteiger partial charge in [0.05, 0.1) is 27.9 Å². The van der Waals surface area contributed by atoms with Crippen molar-refractivity contribution in [3.05, 3.63) is 90.5 Å². The summed E-state index contributed by atoms with van der Waals surface area (Å²) in [5.41, 5.74) is 6.22. The molecule has 3 fully saturated rings. The third-order valence-corrected chi connectivity index (χ3v) is 12.1. The van der Waals surface area contributed by atoms with E-state index in [1.165, 1.54) is 81.9 Å². The number of likely N-dealkylation sites (tertiary alicyclic amines) is 2. The van der Waals surface area contributed by atoms with E-state index in [0.29, 0.717) is 16.0 Å². The highest BCUT2D eigenvalue weighted by molar-refractivity contribution is 8.03.